The average Bonchev–Trinajstić information content (AvgIpc) is 3.21. The fourth-order valence-corrected chi connectivity index (χ4v) is 2.58. The lowest BCUT2D eigenvalue weighted by Gasteiger charge is -2.09. The van der Waals surface area contributed by atoms with Crippen LogP contribution in [0.25, 0.3) is 0 Å². The number of carbonyl (C=O) groups is 2. The number of imidazole rings is 1. The van der Waals surface area contributed by atoms with Crippen LogP contribution in [0.4, 0.5) is 13.2 Å². The van der Waals surface area contributed by atoms with E-state index in [0.717, 1.165) is 17.7 Å². The maximum absolute atomic E-state index is 12.6. The summed E-state index contributed by atoms with van der Waals surface area (Å²) >= 11 is 0. The molecule has 0 spiro atoms. The molecule has 1 aromatic heterocycles. The van der Waals surface area contributed by atoms with Gasteiger partial charge in [0.25, 0.3) is 11.8 Å². The molecule has 3 N–H and O–H groups in total. The number of nitrogens with zero attached hydrogens (tertiary/aromatic N) is 1. The van der Waals surface area contributed by atoms with Crippen molar-refractivity contribution in [2.24, 2.45) is 0 Å². The fourth-order valence-electron chi connectivity index (χ4n) is 2.58. The van der Waals surface area contributed by atoms with Crippen LogP contribution in [0.1, 0.15) is 37.7 Å². The highest BCUT2D eigenvalue weighted by atomic mass is 19.4. The van der Waals surface area contributed by atoms with Crippen molar-refractivity contribution in [3.8, 4) is 0 Å². The van der Waals surface area contributed by atoms with Crippen LogP contribution in [-0.2, 0) is 19.3 Å². The van der Waals surface area contributed by atoms with Crippen LogP contribution in [0.3, 0.4) is 0 Å². The summed E-state index contributed by atoms with van der Waals surface area (Å²) in [5, 5.41) is 5.24. The number of nitrogens with one attached hydrogen (secondary N) is 3. The first kappa shape index (κ1) is 20.1. The summed E-state index contributed by atoms with van der Waals surface area (Å²) in [6.45, 7) is 0.278. The molecule has 0 saturated carbocycles. The highest BCUT2D eigenvalue weighted by molar-refractivity contribution is 6.04. The molecule has 0 aliphatic carbocycles. The molecule has 2 aromatic carbocycles. The molecule has 1 heterocycles. The van der Waals surface area contributed by atoms with Gasteiger partial charge in [0.2, 0.25) is 0 Å². The van der Waals surface area contributed by atoms with E-state index in [-0.39, 0.29) is 24.5 Å². The third-order valence-electron chi connectivity index (χ3n) is 4.11. The Kier molecular flexibility index (Phi) is 5.96. The van der Waals surface area contributed by atoms with Gasteiger partial charge in [-0.3, -0.25) is 9.59 Å². The number of hydrogen-bond acceptors (Lipinski definition) is 3. The highest BCUT2D eigenvalue weighted by Gasteiger charge is 2.30. The lowest BCUT2D eigenvalue weighted by molar-refractivity contribution is -0.137. The number of benzene rings is 2. The first-order valence-corrected chi connectivity index (χ1v) is 8.64. The molecular formula is C20H17F3N4O2. The number of rotatable bonds is 6. The molecule has 9 heteroatoms. The van der Waals surface area contributed by atoms with Gasteiger partial charge >= 0.3 is 6.18 Å². The Morgan fingerprint density at radius 1 is 0.862 bits per heavy atom. The van der Waals surface area contributed by atoms with Gasteiger partial charge in [-0.15, -0.1) is 0 Å². The number of alkyl halides is 3. The van der Waals surface area contributed by atoms with Crippen molar-refractivity contribution in [2.75, 3.05) is 0 Å². The minimum atomic E-state index is -4.42. The first-order chi connectivity index (χ1) is 13.8. The Hall–Kier alpha value is -3.62. The van der Waals surface area contributed by atoms with Gasteiger partial charge in [-0.1, -0.05) is 42.5 Å². The van der Waals surface area contributed by atoms with Crippen molar-refractivity contribution in [3.05, 3.63) is 89.0 Å². The SMILES string of the molecule is O=C(NCc1ccc(C(F)(F)F)cc1)c1nc[nH]c1C(=O)NCc1ccccc1. The molecule has 150 valence electrons. The molecule has 0 aliphatic rings. The smallest absolute Gasteiger partial charge is 0.347 e. The van der Waals surface area contributed by atoms with Crippen molar-refractivity contribution < 1.29 is 22.8 Å². The molecule has 29 heavy (non-hydrogen) atoms. The average molecular weight is 402 g/mol. The van der Waals surface area contributed by atoms with E-state index < -0.39 is 23.6 Å². The molecule has 0 aliphatic heterocycles. The zero-order valence-corrected chi connectivity index (χ0v) is 15.1. The van der Waals surface area contributed by atoms with E-state index in [9.17, 15) is 22.8 Å². The lowest BCUT2D eigenvalue weighted by Crippen LogP contribution is -2.29. The molecule has 0 fully saturated rings. The predicted octanol–water partition coefficient (Wildman–Crippen LogP) is 3.29. The Bertz CT molecular complexity index is 983. The van der Waals surface area contributed by atoms with Crippen LogP contribution in [0, 0.1) is 0 Å². The van der Waals surface area contributed by atoms with E-state index in [4.69, 9.17) is 0 Å². The van der Waals surface area contributed by atoms with Gasteiger partial charge in [-0.25, -0.2) is 4.98 Å². The molecular weight excluding hydrogens is 385 g/mol. The predicted molar refractivity (Wildman–Crippen MR) is 98.8 cm³/mol. The van der Waals surface area contributed by atoms with E-state index in [1.54, 1.807) is 0 Å². The number of aromatic amines is 1. The minimum absolute atomic E-state index is 0.00505. The van der Waals surface area contributed by atoms with Crippen molar-refractivity contribution in [3.63, 3.8) is 0 Å². The van der Waals surface area contributed by atoms with Gasteiger partial charge in [0, 0.05) is 13.1 Å². The summed E-state index contributed by atoms with van der Waals surface area (Å²) in [4.78, 5) is 31.2. The van der Waals surface area contributed by atoms with Gasteiger partial charge in [0.05, 0.1) is 11.9 Å². The summed E-state index contributed by atoms with van der Waals surface area (Å²) in [5.74, 6) is -1.11. The molecule has 2 amide bonds. The molecule has 0 atom stereocenters. The fraction of sp³-hybridized carbons (Fsp3) is 0.150. The molecule has 0 saturated heterocycles. The van der Waals surface area contributed by atoms with Crippen LogP contribution in [-0.4, -0.2) is 21.8 Å². The van der Waals surface area contributed by atoms with Crippen molar-refractivity contribution >= 4 is 11.8 Å². The van der Waals surface area contributed by atoms with Crippen LogP contribution >= 0.6 is 0 Å². The second-order valence-corrected chi connectivity index (χ2v) is 6.17. The van der Waals surface area contributed by atoms with Gasteiger partial charge in [0.15, 0.2) is 5.69 Å². The number of hydrogen-bond donors (Lipinski definition) is 3. The van der Waals surface area contributed by atoms with E-state index >= 15 is 0 Å². The summed E-state index contributed by atoms with van der Waals surface area (Å²) in [6, 6.07) is 13.7. The maximum atomic E-state index is 12.6. The van der Waals surface area contributed by atoms with Crippen LogP contribution in [0.2, 0.25) is 0 Å². The quantitative estimate of drug-likeness (QED) is 0.591. The van der Waals surface area contributed by atoms with Crippen LogP contribution < -0.4 is 10.6 Å². The van der Waals surface area contributed by atoms with Crippen LogP contribution in [0.5, 0.6) is 0 Å². The van der Waals surface area contributed by atoms with Gasteiger partial charge in [-0.2, -0.15) is 13.2 Å². The number of aromatic nitrogens is 2. The van der Waals surface area contributed by atoms with E-state index in [0.29, 0.717) is 5.56 Å². The van der Waals surface area contributed by atoms with Gasteiger partial charge in [0.1, 0.15) is 5.69 Å². The third kappa shape index (κ3) is 5.22. The third-order valence-corrected chi connectivity index (χ3v) is 4.11. The Balaban J connectivity index is 1.59. The summed E-state index contributed by atoms with van der Waals surface area (Å²) in [5.41, 5.74) is 0.524. The monoisotopic (exact) mass is 402 g/mol. The molecule has 6 nitrogen and oxygen atoms in total. The van der Waals surface area contributed by atoms with E-state index in [1.165, 1.54) is 18.5 Å². The number of H-pyrrole nitrogens is 1. The minimum Gasteiger partial charge on any atom is -0.347 e. The van der Waals surface area contributed by atoms with Crippen molar-refractivity contribution in [1.29, 1.82) is 0 Å². The van der Waals surface area contributed by atoms with Crippen molar-refractivity contribution in [1.82, 2.24) is 20.6 Å². The normalized spacial score (nSPS) is 11.1. The van der Waals surface area contributed by atoms with Crippen molar-refractivity contribution in [2.45, 2.75) is 19.3 Å². The Morgan fingerprint density at radius 3 is 2.07 bits per heavy atom. The molecule has 0 bridgehead atoms. The van der Waals surface area contributed by atoms with Gasteiger partial charge in [-0.05, 0) is 23.3 Å². The first-order valence-electron chi connectivity index (χ1n) is 8.64. The summed E-state index contributed by atoms with van der Waals surface area (Å²) in [6.07, 6.45) is -3.19. The molecule has 3 aromatic rings. The molecule has 0 unspecified atom stereocenters. The van der Waals surface area contributed by atoms with Crippen LogP contribution in [0.15, 0.2) is 60.9 Å². The summed E-state index contributed by atoms with van der Waals surface area (Å²) in [7, 11) is 0. The summed E-state index contributed by atoms with van der Waals surface area (Å²) < 4.78 is 37.8. The number of amides is 2. The van der Waals surface area contributed by atoms with E-state index in [1.807, 2.05) is 30.3 Å². The standard InChI is InChI=1S/C20H17F3N4O2/c21-20(22,23)15-8-6-14(7-9-15)11-25-19(29)17-16(26-12-27-17)18(28)24-10-13-4-2-1-3-5-13/h1-9,12H,10-11H2,(H,24,28)(H,25,29)(H,26,27). The Morgan fingerprint density at radius 2 is 1.45 bits per heavy atom. The second kappa shape index (κ2) is 8.59. The molecule has 3 rings (SSSR count). The second-order valence-electron chi connectivity index (χ2n) is 6.17. The zero-order chi connectivity index (χ0) is 20.9. The Labute approximate surface area is 164 Å². The number of carbonyl (C=O) groups excluding carboxylic acids is 2. The lowest BCUT2D eigenvalue weighted by atomic mass is 10.1. The van der Waals surface area contributed by atoms with E-state index in [2.05, 4.69) is 20.6 Å². The zero-order valence-electron chi connectivity index (χ0n) is 15.1. The molecule has 0 radical (unpaired) electrons. The number of halogens is 3. The largest absolute Gasteiger partial charge is 0.416 e. The maximum Gasteiger partial charge on any atom is 0.416 e. The highest BCUT2D eigenvalue weighted by Crippen LogP contribution is 2.29. The topological polar surface area (TPSA) is 86.9 Å². The van der Waals surface area contributed by atoms with Gasteiger partial charge < -0.3 is 15.6 Å².